The van der Waals surface area contributed by atoms with Gasteiger partial charge in [-0.15, -0.1) is 0 Å². The van der Waals surface area contributed by atoms with Gasteiger partial charge in [0.05, 0.1) is 0 Å². The van der Waals surface area contributed by atoms with Crippen LogP contribution in [0.1, 0.15) is 39.5 Å². The smallest absolute Gasteiger partial charge is 0.326 e. The highest BCUT2D eigenvalue weighted by Gasteiger charge is 2.28. The first kappa shape index (κ1) is 12.0. The van der Waals surface area contributed by atoms with E-state index in [0.717, 1.165) is 25.7 Å². The lowest BCUT2D eigenvalue weighted by Crippen LogP contribution is -2.46. The van der Waals surface area contributed by atoms with Gasteiger partial charge in [0.1, 0.15) is 6.04 Å². The summed E-state index contributed by atoms with van der Waals surface area (Å²) in [6.07, 6.45) is 3.96. The Balaban J connectivity index is 2.50. The van der Waals surface area contributed by atoms with Crippen LogP contribution in [0, 0.1) is 11.8 Å². The van der Waals surface area contributed by atoms with E-state index in [4.69, 9.17) is 5.11 Å². The summed E-state index contributed by atoms with van der Waals surface area (Å²) in [6, 6.07) is -0.752. The standard InChI is InChI=1S/C11H19NO3/c1-7(2)9(11(14)15)12-10(13)8-5-3-4-6-8/h7-9H,3-6H2,1-2H3,(H,12,13)(H,14,15)/t9-/m0/s1. The minimum absolute atomic E-state index is 0.0330. The number of carbonyl (C=O) groups excluding carboxylic acids is 1. The summed E-state index contributed by atoms with van der Waals surface area (Å²) in [7, 11) is 0. The third-order valence-electron chi connectivity index (χ3n) is 2.96. The zero-order valence-electron chi connectivity index (χ0n) is 9.32. The number of carboxylic acid groups (broad SMARTS) is 1. The Kier molecular flexibility index (Phi) is 4.12. The molecule has 1 rings (SSSR count). The molecule has 4 heteroatoms. The molecule has 1 fully saturated rings. The van der Waals surface area contributed by atoms with Crippen molar-refractivity contribution in [3.63, 3.8) is 0 Å². The van der Waals surface area contributed by atoms with Crippen LogP contribution in [0.15, 0.2) is 0 Å². The molecule has 0 aromatic carbocycles. The molecule has 0 bridgehead atoms. The number of rotatable bonds is 4. The number of carboxylic acids is 1. The van der Waals surface area contributed by atoms with Crippen LogP contribution in [0.4, 0.5) is 0 Å². The summed E-state index contributed by atoms with van der Waals surface area (Å²) in [5.74, 6) is -1.08. The highest BCUT2D eigenvalue weighted by Crippen LogP contribution is 2.24. The van der Waals surface area contributed by atoms with Gasteiger partial charge < -0.3 is 10.4 Å². The Morgan fingerprint density at radius 2 is 1.80 bits per heavy atom. The minimum Gasteiger partial charge on any atom is -0.480 e. The summed E-state index contributed by atoms with van der Waals surface area (Å²) in [4.78, 5) is 22.6. The molecule has 86 valence electrons. The van der Waals surface area contributed by atoms with E-state index in [1.54, 1.807) is 13.8 Å². The van der Waals surface area contributed by atoms with Gasteiger partial charge in [-0.1, -0.05) is 26.7 Å². The minimum atomic E-state index is -0.948. The fraction of sp³-hybridized carbons (Fsp3) is 0.818. The lowest BCUT2D eigenvalue weighted by molar-refractivity contribution is -0.143. The quantitative estimate of drug-likeness (QED) is 0.741. The van der Waals surface area contributed by atoms with Crippen LogP contribution < -0.4 is 5.32 Å². The SMILES string of the molecule is CC(C)[C@H](NC(=O)C1CCCC1)C(=O)O. The molecule has 0 unspecified atom stereocenters. The van der Waals surface area contributed by atoms with E-state index in [1.165, 1.54) is 0 Å². The van der Waals surface area contributed by atoms with Crippen molar-refractivity contribution in [1.29, 1.82) is 0 Å². The van der Waals surface area contributed by atoms with Crippen LogP contribution in [0.25, 0.3) is 0 Å². The van der Waals surface area contributed by atoms with Crippen molar-refractivity contribution in [1.82, 2.24) is 5.32 Å². The maximum absolute atomic E-state index is 11.7. The molecule has 0 aliphatic heterocycles. The molecule has 0 aromatic rings. The summed E-state index contributed by atoms with van der Waals surface area (Å²) < 4.78 is 0. The Hall–Kier alpha value is -1.06. The summed E-state index contributed by atoms with van der Waals surface area (Å²) in [5, 5.41) is 11.5. The molecule has 0 spiro atoms. The summed E-state index contributed by atoms with van der Waals surface area (Å²) >= 11 is 0. The van der Waals surface area contributed by atoms with E-state index < -0.39 is 12.0 Å². The molecule has 15 heavy (non-hydrogen) atoms. The highest BCUT2D eigenvalue weighted by atomic mass is 16.4. The van der Waals surface area contributed by atoms with E-state index >= 15 is 0 Å². The lowest BCUT2D eigenvalue weighted by atomic mass is 10.0. The predicted octanol–water partition coefficient (Wildman–Crippen LogP) is 1.40. The molecular formula is C11H19NO3. The van der Waals surface area contributed by atoms with Crippen LogP contribution in [0.3, 0.4) is 0 Å². The number of amides is 1. The van der Waals surface area contributed by atoms with Crippen LogP contribution in [-0.2, 0) is 9.59 Å². The van der Waals surface area contributed by atoms with Crippen LogP contribution in [0.5, 0.6) is 0 Å². The molecule has 1 saturated carbocycles. The Bertz CT molecular complexity index is 244. The van der Waals surface area contributed by atoms with Gasteiger partial charge in [0.25, 0.3) is 0 Å². The van der Waals surface area contributed by atoms with Crippen LogP contribution in [-0.4, -0.2) is 23.0 Å². The van der Waals surface area contributed by atoms with Crippen molar-refractivity contribution in [2.75, 3.05) is 0 Å². The maximum atomic E-state index is 11.7. The number of nitrogens with one attached hydrogen (secondary N) is 1. The number of aliphatic carboxylic acids is 1. The molecular weight excluding hydrogens is 194 g/mol. The van der Waals surface area contributed by atoms with Gasteiger partial charge in [-0.25, -0.2) is 4.79 Å². The fourth-order valence-electron chi connectivity index (χ4n) is 1.97. The molecule has 0 saturated heterocycles. The topological polar surface area (TPSA) is 66.4 Å². The Morgan fingerprint density at radius 1 is 1.27 bits per heavy atom. The zero-order valence-corrected chi connectivity index (χ0v) is 9.32. The molecule has 0 aromatic heterocycles. The van der Waals surface area contributed by atoms with Crippen molar-refractivity contribution in [2.45, 2.75) is 45.6 Å². The van der Waals surface area contributed by atoms with Crippen LogP contribution in [0.2, 0.25) is 0 Å². The summed E-state index contributed by atoms with van der Waals surface area (Å²) in [5.41, 5.74) is 0. The lowest BCUT2D eigenvalue weighted by Gasteiger charge is -2.20. The molecule has 1 atom stereocenters. The molecule has 0 radical (unpaired) electrons. The van der Waals surface area contributed by atoms with Gasteiger partial charge in [-0.05, 0) is 18.8 Å². The van der Waals surface area contributed by atoms with Crippen molar-refractivity contribution in [3.05, 3.63) is 0 Å². The van der Waals surface area contributed by atoms with Crippen molar-refractivity contribution >= 4 is 11.9 Å². The van der Waals surface area contributed by atoms with E-state index in [1.807, 2.05) is 0 Å². The van der Waals surface area contributed by atoms with Gasteiger partial charge >= 0.3 is 5.97 Å². The average Bonchev–Trinajstić information content (AvgIpc) is 2.65. The molecule has 1 aliphatic carbocycles. The molecule has 1 aliphatic rings. The molecule has 0 heterocycles. The van der Waals surface area contributed by atoms with Crippen molar-refractivity contribution < 1.29 is 14.7 Å². The number of hydrogen-bond donors (Lipinski definition) is 2. The maximum Gasteiger partial charge on any atom is 0.326 e. The monoisotopic (exact) mass is 213 g/mol. The first-order valence-electron chi connectivity index (χ1n) is 5.55. The molecule has 4 nitrogen and oxygen atoms in total. The Morgan fingerprint density at radius 3 is 2.20 bits per heavy atom. The predicted molar refractivity (Wildman–Crippen MR) is 56.4 cm³/mol. The van der Waals surface area contributed by atoms with Crippen molar-refractivity contribution in [2.24, 2.45) is 11.8 Å². The number of hydrogen-bond acceptors (Lipinski definition) is 2. The molecule has 1 amide bonds. The first-order valence-corrected chi connectivity index (χ1v) is 5.55. The molecule has 2 N–H and O–H groups in total. The third-order valence-corrected chi connectivity index (χ3v) is 2.96. The largest absolute Gasteiger partial charge is 0.480 e. The van der Waals surface area contributed by atoms with Gasteiger partial charge in [-0.2, -0.15) is 0 Å². The highest BCUT2D eigenvalue weighted by molar-refractivity contribution is 5.85. The Labute approximate surface area is 90.0 Å². The normalized spacial score (nSPS) is 19.1. The van der Waals surface area contributed by atoms with E-state index in [-0.39, 0.29) is 17.7 Å². The van der Waals surface area contributed by atoms with Gasteiger partial charge in [-0.3, -0.25) is 4.79 Å². The zero-order chi connectivity index (χ0) is 11.4. The van der Waals surface area contributed by atoms with Gasteiger partial charge in [0, 0.05) is 5.92 Å². The second kappa shape index (κ2) is 5.14. The van der Waals surface area contributed by atoms with Crippen molar-refractivity contribution in [3.8, 4) is 0 Å². The van der Waals surface area contributed by atoms with E-state index in [9.17, 15) is 9.59 Å². The third kappa shape index (κ3) is 3.22. The van der Waals surface area contributed by atoms with E-state index in [0.29, 0.717) is 0 Å². The number of carbonyl (C=O) groups is 2. The fourth-order valence-corrected chi connectivity index (χ4v) is 1.97. The van der Waals surface area contributed by atoms with Gasteiger partial charge in [0.15, 0.2) is 0 Å². The van der Waals surface area contributed by atoms with Gasteiger partial charge in [0.2, 0.25) is 5.91 Å². The van der Waals surface area contributed by atoms with E-state index in [2.05, 4.69) is 5.32 Å². The summed E-state index contributed by atoms with van der Waals surface area (Å²) in [6.45, 7) is 3.60. The first-order chi connectivity index (χ1) is 7.02. The average molecular weight is 213 g/mol. The van der Waals surface area contributed by atoms with Crippen LogP contribution >= 0.6 is 0 Å². The second-order valence-corrected chi connectivity index (χ2v) is 4.55. The second-order valence-electron chi connectivity index (χ2n) is 4.55.